The molecular formula is C27H23NO3. The molecule has 1 aromatic heterocycles. The van der Waals surface area contributed by atoms with E-state index in [2.05, 4.69) is 28.8 Å². The molecule has 1 aliphatic rings. The maximum Gasteiger partial charge on any atom is 0.338 e. The van der Waals surface area contributed by atoms with Crippen LogP contribution in [0.1, 0.15) is 49.9 Å². The number of rotatable bonds is 4. The molecule has 4 aromatic rings. The Morgan fingerprint density at radius 3 is 2.35 bits per heavy atom. The van der Waals surface area contributed by atoms with Crippen molar-refractivity contribution in [2.24, 2.45) is 0 Å². The van der Waals surface area contributed by atoms with Gasteiger partial charge < -0.3 is 9.30 Å². The van der Waals surface area contributed by atoms with Gasteiger partial charge in [-0.2, -0.15) is 0 Å². The van der Waals surface area contributed by atoms with Crippen LogP contribution in [-0.2, 0) is 17.7 Å². The molecule has 4 heteroatoms. The van der Waals surface area contributed by atoms with Crippen molar-refractivity contribution in [3.8, 4) is 0 Å². The Labute approximate surface area is 181 Å². The third-order valence-corrected chi connectivity index (χ3v) is 6.21. The highest BCUT2D eigenvalue weighted by molar-refractivity contribution is 6.16. The summed E-state index contributed by atoms with van der Waals surface area (Å²) in [6.45, 7) is 0.645. The number of carbonyl (C=O) groups excluding carboxylic acids is 2. The number of nitrogens with zero attached hydrogens (tertiary/aromatic N) is 1. The van der Waals surface area contributed by atoms with Gasteiger partial charge >= 0.3 is 5.97 Å². The Morgan fingerprint density at radius 1 is 0.935 bits per heavy atom. The van der Waals surface area contributed by atoms with Crippen molar-refractivity contribution in [3.05, 3.63) is 107 Å². The van der Waals surface area contributed by atoms with E-state index in [0.717, 1.165) is 28.6 Å². The van der Waals surface area contributed by atoms with Gasteiger partial charge in [0.05, 0.1) is 18.2 Å². The summed E-state index contributed by atoms with van der Waals surface area (Å²) < 4.78 is 7.24. The minimum atomic E-state index is -0.414. The molecule has 0 bridgehead atoms. The fourth-order valence-corrected chi connectivity index (χ4v) is 4.78. The summed E-state index contributed by atoms with van der Waals surface area (Å²) >= 11 is 0. The van der Waals surface area contributed by atoms with Crippen LogP contribution in [0.2, 0.25) is 0 Å². The largest absolute Gasteiger partial charge is 0.465 e. The second kappa shape index (κ2) is 7.88. The highest BCUT2D eigenvalue weighted by atomic mass is 16.5. The smallest absolute Gasteiger partial charge is 0.338 e. The lowest BCUT2D eigenvalue weighted by molar-refractivity contribution is 0.0603. The molecule has 0 saturated carbocycles. The number of benzene rings is 3. The van der Waals surface area contributed by atoms with Gasteiger partial charge in [-0.25, -0.2) is 4.79 Å². The predicted octanol–water partition coefficient (Wildman–Crippen LogP) is 5.39. The van der Waals surface area contributed by atoms with Crippen LogP contribution >= 0.6 is 0 Å². The van der Waals surface area contributed by atoms with Crippen LogP contribution in [0.4, 0.5) is 0 Å². The van der Waals surface area contributed by atoms with E-state index in [1.807, 2.05) is 48.5 Å². The molecule has 0 aliphatic heterocycles. The zero-order chi connectivity index (χ0) is 21.4. The molecule has 4 nitrogen and oxygen atoms in total. The summed E-state index contributed by atoms with van der Waals surface area (Å²) in [7, 11) is 1.38. The SMILES string of the molecule is COC(=O)c1cccc2c1c1c(n2Cc2ccccc2)CC(c2ccccc2)CC1=O. The molecule has 154 valence electrons. The molecule has 0 radical (unpaired) electrons. The summed E-state index contributed by atoms with van der Waals surface area (Å²) in [6, 6.07) is 26.0. The summed E-state index contributed by atoms with van der Waals surface area (Å²) in [6.07, 6.45) is 1.20. The normalized spacial score (nSPS) is 15.6. The van der Waals surface area contributed by atoms with Crippen LogP contribution < -0.4 is 0 Å². The van der Waals surface area contributed by atoms with E-state index in [9.17, 15) is 9.59 Å². The fourth-order valence-electron chi connectivity index (χ4n) is 4.78. The summed E-state index contributed by atoms with van der Waals surface area (Å²) in [4.78, 5) is 26.0. The molecule has 0 amide bonds. The minimum Gasteiger partial charge on any atom is -0.465 e. The van der Waals surface area contributed by atoms with Gasteiger partial charge in [0.15, 0.2) is 5.78 Å². The van der Waals surface area contributed by atoms with Gasteiger partial charge in [0.25, 0.3) is 0 Å². The number of hydrogen-bond acceptors (Lipinski definition) is 3. The Balaban J connectivity index is 1.73. The van der Waals surface area contributed by atoms with Crippen molar-refractivity contribution in [1.29, 1.82) is 0 Å². The van der Waals surface area contributed by atoms with E-state index in [0.29, 0.717) is 24.1 Å². The number of fused-ring (bicyclic) bond motifs is 3. The first-order chi connectivity index (χ1) is 15.2. The van der Waals surface area contributed by atoms with Crippen molar-refractivity contribution in [2.45, 2.75) is 25.3 Å². The first-order valence-corrected chi connectivity index (χ1v) is 10.5. The molecular weight excluding hydrogens is 386 g/mol. The van der Waals surface area contributed by atoms with Crippen LogP contribution in [0.25, 0.3) is 10.9 Å². The minimum absolute atomic E-state index is 0.0864. The maximum absolute atomic E-state index is 13.4. The van der Waals surface area contributed by atoms with Gasteiger partial charge in [-0.15, -0.1) is 0 Å². The molecule has 0 saturated heterocycles. The van der Waals surface area contributed by atoms with E-state index in [1.54, 1.807) is 6.07 Å². The van der Waals surface area contributed by atoms with Crippen LogP contribution in [0.5, 0.6) is 0 Å². The van der Waals surface area contributed by atoms with Crippen LogP contribution in [0.15, 0.2) is 78.9 Å². The molecule has 3 aromatic carbocycles. The van der Waals surface area contributed by atoms with E-state index in [1.165, 1.54) is 12.7 Å². The highest BCUT2D eigenvalue weighted by Crippen LogP contribution is 2.40. The molecule has 1 atom stereocenters. The second-order valence-corrected chi connectivity index (χ2v) is 8.02. The summed E-state index contributed by atoms with van der Waals surface area (Å²) in [5.41, 5.74) is 5.36. The van der Waals surface area contributed by atoms with Crippen LogP contribution in [-0.4, -0.2) is 23.4 Å². The highest BCUT2D eigenvalue weighted by Gasteiger charge is 2.33. The Bertz CT molecular complexity index is 1270. The van der Waals surface area contributed by atoms with Gasteiger partial charge in [0.2, 0.25) is 0 Å². The van der Waals surface area contributed by atoms with E-state index in [4.69, 9.17) is 4.74 Å². The van der Waals surface area contributed by atoms with Crippen molar-refractivity contribution in [2.75, 3.05) is 7.11 Å². The van der Waals surface area contributed by atoms with E-state index in [-0.39, 0.29) is 11.7 Å². The molecule has 1 unspecified atom stereocenters. The average Bonchev–Trinajstić information content (AvgIpc) is 3.14. The summed E-state index contributed by atoms with van der Waals surface area (Å²) in [5, 5.41) is 0.719. The molecule has 0 N–H and O–H groups in total. The number of ether oxygens (including phenoxy) is 1. The molecule has 31 heavy (non-hydrogen) atoms. The zero-order valence-electron chi connectivity index (χ0n) is 17.4. The number of methoxy groups -OCH3 is 1. The fraction of sp³-hybridized carbons (Fsp3) is 0.185. The Hall–Kier alpha value is -3.66. The quantitative estimate of drug-likeness (QED) is 0.425. The number of ketones is 1. The number of hydrogen-bond donors (Lipinski definition) is 0. The maximum atomic E-state index is 13.4. The number of carbonyl (C=O) groups is 2. The van der Waals surface area contributed by atoms with Crippen LogP contribution in [0, 0.1) is 0 Å². The molecule has 5 rings (SSSR count). The predicted molar refractivity (Wildman–Crippen MR) is 121 cm³/mol. The topological polar surface area (TPSA) is 48.3 Å². The molecule has 1 aliphatic carbocycles. The first-order valence-electron chi connectivity index (χ1n) is 10.5. The second-order valence-electron chi connectivity index (χ2n) is 8.02. The van der Waals surface area contributed by atoms with Gasteiger partial charge in [-0.3, -0.25) is 4.79 Å². The van der Waals surface area contributed by atoms with Crippen molar-refractivity contribution < 1.29 is 14.3 Å². The van der Waals surface area contributed by atoms with Crippen molar-refractivity contribution in [3.63, 3.8) is 0 Å². The van der Waals surface area contributed by atoms with Crippen LogP contribution in [0.3, 0.4) is 0 Å². The lowest BCUT2D eigenvalue weighted by Gasteiger charge is -2.24. The monoisotopic (exact) mass is 409 g/mol. The Kier molecular flexibility index (Phi) is 4.91. The first kappa shape index (κ1) is 19.3. The van der Waals surface area contributed by atoms with Crippen molar-refractivity contribution >= 4 is 22.7 Å². The average molecular weight is 409 g/mol. The Morgan fingerprint density at radius 2 is 1.65 bits per heavy atom. The lowest BCUT2D eigenvalue weighted by atomic mass is 9.81. The summed E-state index contributed by atoms with van der Waals surface area (Å²) in [5.74, 6) is -0.201. The van der Waals surface area contributed by atoms with Gasteiger partial charge in [0, 0.05) is 29.6 Å². The third-order valence-electron chi connectivity index (χ3n) is 6.21. The number of aromatic nitrogens is 1. The molecule has 0 spiro atoms. The number of Topliss-reactive ketones (excluding diaryl/α,β-unsaturated/α-hetero) is 1. The van der Waals surface area contributed by atoms with Gasteiger partial charge in [-0.05, 0) is 35.6 Å². The molecule has 1 heterocycles. The molecule has 0 fully saturated rings. The standard InChI is InChI=1S/C27H23NO3/c1-31-27(30)21-13-8-14-22-25(21)26-23(28(22)17-18-9-4-2-5-10-18)15-20(16-24(26)29)19-11-6-3-7-12-19/h2-14,20H,15-17H2,1H3. The number of esters is 1. The van der Waals surface area contributed by atoms with Crippen molar-refractivity contribution in [1.82, 2.24) is 4.57 Å². The third kappa shape index (κ3) is 3.34. The zero-order valence-corrected chi connectivity index (χ0v) is 17.4. The van der Waals surface area contributed by atoms with E-state index >= 15 is 0 Å². The van der Waals surface area contributed by atoms with Gasteiger partial charge in [0.1, 0.15) is 0 Å². The lowest BCUT2D eigenvalue weighted by Crippen LogP contribution is -2.21. The van der Waals surface area contributed by atoms with E-state index < -0.39 is 5.97 Å². The van der Waals surface area contributed by atoms with Gasteiger partial charge in [-0.1, -0.05) is 66.7 Å².